The Morgan fingerprint density at radius 1 is 0.917 bits per heavy atom. The Balaban J connectivity index is 1.09. The first-order chi connectivity index (χ1) is 22.9. The average molecular weight is 664 g/mol. The number of carbonyl (C=O) groups is 6. The van der Waals surface area contributed by atoms with E-state index in [0.717, 1.165) is 38.8 Å². The number of carbonyl (C=O) groups excluding carboxylic acids is 4. The summed E-state index contributed by atoms with van der Waals surface area (Å²) in [5, 5.41) is 28.5. The number of aliphatic hydroxyl groups is 1. The first kappa shape index (κ1) is 33.1. The topological polar surface area (TPSA) is 191 Å². The smallest absolute Gasteiger partial charge is 0.336 e. The second-order valence-corrected chi connectivity index (χ2v) is 12.9. The van der Waals surface area contributed by atoms with Crippen LogP contribution in [0.1, 0.15) is 78.8 Å². The highest BCUT2D eigenvalue weighted by atomic mass is 16.7. The minimum Gasteiger partial charge on any atom is -0.489 e. The third-order valence-electron chi connectivity index (χ3n) is 9.70. The molecule has 1 saturated carbocycles. The van der Waals surface area contributed by atoms with E-state index >= 15 is 0 Å². The maximum atomic E-state index is 13.4. The second kappa shape index (κ2) is 13.4. The van der Waals surface area contributed by atoms with Crippen LogP contribution in [0.3, 0.4) is 0 Å². The number of ether oxygens (including phenoxy) is 1. The highest BCUT2D eigenvalue weighted by molar-refractivity contribution is 6.05. The number of aliphatic carboxylic acids is 2. The largest absolute Gasteiger partial charge is 0.489 e. The van der Waals surface area contributed by atoms with Gasteiger partial charge in [-0.25, -0.2) is 9.59 Å². The van der Waals surface area contributed by atoms with E-state index in [-0.39, 0.29) is 36.6 Å². The number of carboxylic acids is 2. The molecule has 0 radical (unpaired) electrons. The van der Waals surface area contributed by atoms with Gasteiger partial charge in [0.15, 0.2) is 5.60 Å². The van der Waals surface area contributed by atoms with E-state index < -0.39 is 60.1 Å². The van der Waals surface area contributed by atoms with E-state index in [0.29, 0.717) is 22.8 Å². The fraction of sp³-hybridized carbons (Fsp3) is 0.471. The molecule has 254 valence electrons. The molecule has 4 aliphatic rings. The molecule has 2 aromatic rings. The molecule has 3 fully saturated rings. The van der Waals surface area contributed by atoms with Crippen molar-refractivity contribution in [1.29, 1.82) is 0 Å². The monoisotopic (exact) mass is 663 g/mol. The van der Waals surface area contributed by atoms with Crippen molar-refractivity contribution in [1.82, 2.24) is 14.9 Å². The molecule has 0 spiro atoms. The van der Waals surface area contributed by atoms with Crippen LogP contribution in [0.25, 0.3) is 0 Å². The van der Waals surface area contributed by atoms with Crippen LogP contribution in [-0.4, -0.2) is 103 Å². The van der Waals surface area contributed by atoms with Crippen molar-refractivity contribution in [2.24, 2.45) is 0 Å². The summed E-state index contributed by atoms with van der Waals surface area (Å²) in [6.45, 7) is 2.01. The first-order valence-electron chi connectivity index (χ1n) is 16.1. The number of hydrogen-bond acceptors (Lipinski definition) is 10. The number of fused-ring (bicyclic) bond motifs is 1. The summed E-state index contributed by atoms with van der Waals surface area (Å²) in [6, 6.07) is 14.8. The van der Waals surface area contributed by atoms with Gasteiger partial charge in [-0.05, 0) is 55.0 Å². The quantitative estimate of drug-likeness (QED) is 0.297. The summed E-state index contributed by atoms with van der Waals surface area (Å²) in [4.78, 5) is 82.8. The van der Waals surface area contributed by atoms with Gasteiger partial charge in [0.2, 0.25) is 0 Å². The molecule has 2 aromatic carbocycles. The SMILES string of the molecule is O=C(O)CC(O)(CC(=O)ON1C(=O)CCC(N2Cc3cc(O[C@H]4CCCC[C@@H]4N4CC(c5ccccc5)C4)ccc3C2=O)C1=O)C(=O)O. The maximum Gasteiger partial charge on any atom is 0.336 e. The zero-order chi connectivity index (χ0) is 34.2. The number of amides is 3. The van der Waals surface area contributed by atoms with E-state index in [1.54, 1.807) is 18.2 Å². The van der Waals surface area contributed by atoms with Crippen molar-refractivity contribution in [2.75, 3.05) is 13.1 Å². The Hall–Kier alpha value is -4.82. The Morgan fingerprint density at radius 2 is 1.65 bits per heavy atom. The number of imide groups is 1. The third-order valence-corrected chi connectivity index (χ3v) is 9.70. The fourth-order valence-electron chi connectivity index (χ4n) is 7.14. The van der Waals surface area contributed by atoms with Crippen LogP contribution >= 0.6 is 0 Å². The lowest BCUT2D eigenvalue weighted by atomic mass is 9.84. The predicted octanol–water partition coefficient (Wildman–Crippen LogP) is 2.09. The van der Waals surface area contributed by atoms with Gasteiger partial charge in [0.25, 0.3) is 17.7 Å². The van der Waals surface area contributed by atoms with Crippen molar-refractivity contribution in [3.8, 4) is 5.75 Å². The number of carboxylic acid groups (broad SMARTS) is 2. The van der Waals surface area contributed by atoms with Crippen molar-refractivity contribution in [2.45, 2.75) is 87.6 Å². The highest BCUT2D eigenvalue weighted by Gasteiger charge is 2.47. The molecular formula is C34H37N3O11. The number of nitrogens with zero attached hydrogens (tertiary/aromatic N) is 3. The van der Waals surface area contributed by atoms with Crippen LogP contribution in [0, 0.1) is 0 Å². The van der Waals surface area contributed by atoms with Crippen LogP contribution < -0.4 is 4.74 Å². The summed E-state index contributed by atoms with van der Waals surface area (Å²) in [5.74, 6) is -6.41. The van der Waals surface area contributed by atoms with Gasteiger partial charge in [-0.2, -0.15) is 0 Å². The minimum atomic E-state index is -3.02. The van der Waals surface area contributed by atoms with Crippen LogP contribution in [0.15, 0.2) is 48.5 Å². The van der Waals surface area contributed by atoms with Crippen LogP contribution in [0.2, 0.25) is 0 Å². The molecule has 48 heavy (non-hydrogen) atoms. The van der Waals surface area contributed by atoms with Crippen LogP contribution in [-0.2, 0) is 35.4 Å². The number of rotatable bonds is 11. The lowest BCUT2D eigenvalue weighted by molar-refractivity contribution is -0.211. The van der Waals surface area contributed by atoms with Gasteiger partial charge in [0.1, 0.15) is 17.9 Å². The lowest BCUT2D eigenvalue weighted by Crippen LogP contribution is -2.57. The minimum absolute atomic E-state index is 0.00908. The molecule has 6 rings (SSSR count). The van der Waals surface area contributed by atoms with Crippen LogP contribution in [0.4, 0.5) is 0 Å². The van der Waals surface area contributed by atoms with Gasteiger partial charge in [-0.3, -0.25) is 24.1 Å². The summed E-state index contributed by atoms with van der Waals surface area (Å²) >= 11 is 0. The molecule has 2 unspecified atom stereocenters. The van der Waals surface area contributed by atoms with E-state index in [1.165, 1.54) is 10.5 Å². The predicted molar refractivity (Wildman–Crippen MR) is 164 cm³/mol. The average Bonchev–Trinajstić information content (AvgIpc) is 3.34. The molecule has 3 N–H and O–H groups in total. The molecule has 14 nitrogen and oxygen atoms in total. The van der Waals surface area contributed by atoms with E-state index in [4.69, 9.17) is 14.7 Å². The number of likely N-dealkylation sites (tertiary alicyclic amines) is 1. The molecular weight excluding hydrogens is 626 g/mol. The first-order valence-corrected chi connectivity index (χ1v) is 16.1. The van der Waals surface area contributed by atoms with Crippen molar-refractivity contribution in [3.05, 3.63) is 65.2 Å². The van der Waals surface area contributed by atoms with Gasteiger partial charge in [0, 0.05) is 43.6 Å². The zero-order valence-electron chi connectivity index (χ0n) is 26.2. The van der Waals surface area contributed by atoms with E-state index in [2.05, 4.69) is 29.2 Å². The Bertz CT molecular complexity index is 1630. The van der Waals surface area contributed by atoms with Gasteiger partial charge >= 0.3 is 17.9 Å². The van der Waals surface area contributed by atoms with Crippen molar-refractivity contribution >= 4 is 35.6 Å². The standard InChI is InChI=1S/C34H37N3O11/c38-28-13-12-26(32(43)37(28)48-30(41)16-34(46,33(44)45)15-29(39)40)36-19-21-14-23(10-11-24(21)31(36)42)47-27-9-5-4-8-25(27)35-17-22(18-35)20-6-2-1-3-7-20/h1-3,6-7,10-11,14,22,25-27,46H,4-5,8-9,12-13,15-19H2,(H,39,40)(H,44,45)/t25-,26?,27-,34?/m0/s1. The molecule has 3 amide bonds. The van der Waals surface area contributed by atoms with E-state index in [9.17, 15) is 39.0 Å². The van der Waals surface area contributed by atoms with Gasteiger partial charge in [0.05, 0.1) is 12.8 Å². The second-order valence-electron chi connectivity index (χ2n) is 12.9. The number of benzene rings is 2. The molecule has 2 saturated heterocycles. The third kappa shape index (κ3) is 6.62. The molecule has 0 bridgehead atoms. The van der Waals surface area contributed by atoms with Crippen molar-refractivity contribution in [3.63, 3.8) is 0 Å². The van der Waals surface area contributed by atoms with E-state index in [1.807, 2.05) is 6.07 Å². The fourth-order valence-corrected chi connectivity index (χ4v) is 7.14. The number of piperidine rings is 1. The highest BCUT2D eigenvalue weighted by Crippen LogP contribution is 2.37. The summed E-state index contributed by atoms with van der Waals surface area (Å²) in [6.07, 6.45) is 1.21. The number of hydrogen-bond donors (Lipinski definition) is 3. The van der Waals surface area contributed by atoms with Gasteiger partial charge < -0.3 is 29.8 Å². The maximum absolute atomic E-state index is 13.4. The van der Waals surface area contributed by atoms with Crippen molar-refractivity contribution < 1.29 is 53.7 Å². The molecule has 1 aliphatic carbocycles. The normalized spacial score (nSPS) is 24.4. The summed E-state index contributed by atoms with van der Waals surface area (Å²) in [7, 11) is 0. The summed E-state index contributed by atoms with van der Waals surface area (Å²) in [5.41, 5.74) is -0.650. The Morgan fingerprint density at radius 3 is 2.35 bits per heavy atom. The lowest BCUT2D eigenvalue weighted by Gasteiger charge is -2.48. The van der Waals surface area contributed by atoms with Crippen LogP contribution in [0.5, 0.6) is 5.75 Å². The number of hydroxylamine groups is 2. The Kier molecular flexibility index (Phi) is 9.21. The summed E-state index contributed by atoms with van der Waals surface area (Å²) < 4.78 is 6.54. The zero-order valence-corrected chi connectivity index (χ0v) is 26.2. The van der Waals surface area contributed by atoms with Gasteiger partial charge in [-0.15, -0.1) is 5.06 Å². The Labute approximate surface area is 275 Å². The molecule has 4 atom stereocenters. The molecule has 0 aromatic heterocycles. The van der Waals surface area contributed by atoms with Gasteiger partial charge in [-0.1, -0.05) is 36.8 Å². The molecule has 3 aliphatic heterocycles. The molecule has 3 heterocycles. The molecule has 14 heteroatoms.